The van der Waals surface area contributed by atoms with Crippen LogP contribution in [0.25, 0.3) is 0 Å². The van der Waals surface area contributed by atoms with Crippen molar-refractivity contribution in [3.8, 4) is 0 Å². The molecule has 0 saturated heterocycles. The smallest absolute Gasteiger partial charge is 0.384 e. The molecular weight excluding hydrogens is 243 g/mol. The van der Waals surface area contributed by atoms with E-state index in [4.69, 9.17) is 0 Å². The van der Waals surface area contributed by atoms with Gasteiger partial charge in [-0.2, -0.15) is 13.2 Å². The molecular formula is C13H16F3NO. The van der Waals surface area contributed by atoms with Crippen molar-refractivity contribution in [2.45, 2.75) is 51.3 Å². The van der Waals surface area contributed by atoms with Crippen molar-refractivity contribution in [2.24, 2.45) is 0 Å². The van der Waals surface area contributed by atoms with E-state index < -0.39 is 17.3 Å². The molecule has 1 unspecified atom stereocenters. The Hall–Kier alpha value is -1.10. The van der Waals surface area contributed by atoms with E-state index >= 15 is 0 Å². The van der Waals surface area contributed by atoms with Gasteiger partial charge < -0.3 is 5.11 Å². The maximum atomic E-state index is 13.0. The number of fused-ring (bicyclic) bond motifs is 1. The molecule has 1 aromatic heterocycles. The number of hydrogen-bond acceptors (Lipinski definition) is 2. The van der Waals surface area contributed by atoms with Gasteiger partial charge in [0, 0.05) is 5.69 Å². The highest BCUT2D eigenvalue weighted by Gasteiger charge is 2.42. The molecule has 0 fully saturated rings. The van der Waals surface area contributed by atoms with Crippen LogP contribution in [0.15, 0.2) is 6.07 Å². The van der Waals surface area contributed by atoms with Crippen molar-refractivity contribution in [3.63, 3.8) is 0 Å². The van der Waals surface area contributed by atoms with Crippen LogP contribution in [0.2, 0.25) is 0 Å². The van der Waals surface area contributed by atoms with E-state index in [1.807, 2.05) is 0 Å². The summed E-state index contributed by atoms with van der Waals surface area (Å²) < 4.78 is 39.1. The maximum absolute atomic E-state index is 13.0. The van der Waals surface area contributed by atoms with Crippen LogP contribution >= 0.6 is 0 Å². The lowest BCUT2D eigenvalue weighted by Crippen LogP contribution is -2.20. The van der Waals surface area contributed by atoms with Crippen molar-refractivity contribution >= 4 is 0 Å². The van der Waals surface area contributed by atoms with Gasteiger partial charge in [-0.05, 0) is 37.3 Å². The van der Waals surface area contributed by atoms with E-state index in [9.17, 15) is 18.3 Å². The Morgan fingerprint density at radius 2 is 2.00 bits per heavy atom. The highest BCUT2D eigenvalue weighted by atomic mass is 19.4. The zero-order chi connectivity index (χ0) is 13.7. The van der Waals surface area contributed by atoms with Gasteiger partial charge in [-0.25, -0.2) is 0 Å². The van der Waals surface area contributed by atoms with Crippen molar-refractivity contribution in [1.29, 1.82) is 0 Å². The topological polar surface area (TPSA) is 33.1 Å². The van der Waals surface area contributed by atoms with Gasteiger partial charge in [-0.15, -0.1) is 0 Å². The molecule has 0 radical (unpaired) electrons. The Kier molecular flexibility index (Phi) is 2.93. The molecule has 0 aromatic carbocycles. The maximum Gasteiger partial charge on any atom is 0.416 e. The Morgan fingerprint density at radius 1 is 1.39 bits per heavy atom. The third-order valence-corrected chi connectivity index (χ3v) is 3.41. The molecule has 2 nitrogen and oxygen atoms in total. The minimum absolute atomic E-state index is 0.104. The lowest BCUT2D eigenvalue weighted by molar-refractivity contribution is -0.138. The molecule has 2 rings (SSSR count). The summed E-state index contributed by atoms with van der Waals surface area (Å²) in [4.78, 5) is 4.23. The molecule has 1 aliphatic rings. The number of pyridine rings is 1. The van der Waals surface area contributed by atoms with Crippen LogP contribution in [0.1, 0.15) is 55.6 Å². The van der Waals surface area contributed by atoms with Crippen LogP contribution in [0, 0.1) is 0 Å². The lowest BCUT2D eigenvalue weighted by atomic mass is 9.99. The summed E-state index contributed by atoms with van der Waals surface area (Å²) in [5.74, 6) is -0.104. The third kappa shape index (κ3) is 2.11. The molecule has 0 spiro atoms. The average Bonchev–Trinajstić information content (AvgIpc) is 2.52. The number of rotatable bonds is 1. The number of halogens is 3. The molecule has 1 aliphatic carbocycles. The lowest BCUT2D eigenvalue weighted by Gasteiger charge is -2.20. The molecule has 5 heteroatoms. The first kappa shape index (κ1) is 13.3. The van der Waals surface area contributed by atoms with Crippen LogP contribution in [0.3, 0.4) is 0 Å². The van der Waals surface area contributed by atoms with Gasteiger partial charge in [0.05, 0.1) is 11.3 Å². The third-order valence-electron chi connectivity index (χ3n) is 3.41. The van der Waals surface area contributed by atoms with Crippen LogP contribution in [-0.4, -0.2) is 10.1 Å². The second-order valence-electron chi connectivity index (χ2n) is 5.35. The van der Waals surface area contributed by atoms with E-state index in [-0.39, 0.29) is 23.6 Å². The van der Waals surface area contributed by atoms with Crippen molar-refractivity contribution in [3.05, 3.63) is 28.6 Å². The van der Waals surface area contributed by atoms with Gasteiger partial charge in [0.15, 0.2) is 0 Å². The number of alkyl halides is 3. The Bertz CT molecular complexity index is 478. The minimum Gasteiger partial charge on any atom is -0.384 e. The van der Waals surface area contributed by atoms with Crippen LogP contribution in [0.4, 0.5) is 13.2 Å². The standard InChI is InChI=1S/C13H16F3NO/c1-7(2)10-6-9(13(14,15)16)8-4-5-12(3,18)11(8)17-10/h6-7,18H,4-5H2,1-3H3. The Morgan fingerprint density at radius 3 is 2.50 bits per heavy atom. The molecule has 1 aromatic rings. The zero-order valence-corrected chi connectivity index (χ0v) is 10.6. The van der Waals surface area contributed by atoms with E-state index in [0.717, 1.165) is 6.07 Å². The van der Waals surface area contributed by atoms with Crippen LogP contribution in [-0.2, 0) is 18.2 Å². The molecule has 0 saturated carbocycles. The quantitative estimate of drug-likeness (QED) is 0.838. The van der Waals surface area contributed by atoms with Gasteiger partial charge >= 0.3 is 6.18 Å². The summed E-state index contributed by atoms with van der Waals surface area (Å²) in [6.07, 6.45) is -3.88. The Balaban J connectivity index is 2.69. The second-order valence-corrected chi connectivity index (χ2v) is 5.35. The number of hydrogen-bond donors (Lipinski definition) is 1. The fourth-order valence-electron chi connectivity index (χ4n) is 2.33. The van der Waals surface area contributed by atoms with Crippen molar-refractivity contribution in [2.75, 3.05) is 0 Å². The van der Waals surface area contributed by atoms with Crippen LogP contribution < -0.4 is 0 Å². The summed E-state index contributed by atoms with van der Waals surface area (Å²) in [6.45, 7) is 5.10. The summed E-state index contributed by atoms with van der Waals surface area (Å²) in [7, 11) is 0. The molecule has 100 valence electrons. The SMILES string of the molecule is CC(C)c1cc(C(F)(F)F)c2c(n1)C(C)(O)CC2. The predicted octanol–water partition coefficient (Wildman–Crippen LogP) is 3.38. The first-order chi connectivity index (χ1) is 8.13. The van der Waals surface area contributed by atoms with Gasteiger partial charge in [0.2, 0.25) is 0 Å². The molecule has 0 amide bonds. The predicted molar refractivity (Wildman–Crippen MR) is 61.2 cm³/mol. The van der Waals surface area contributed by atoms with E-state index in [0.29, 0.717) is 12.1 Å². The van der Waals surface area contributed by atoms with E-state index in [2.05, 4.69) is 4.98 Å². The fraction of sp³-hybridized carbons (Fsp3) is 0.615. The van der Waals surface area contributed by atoms with E-state index in [1.54, 1.807) is 13.8 Å². The summed E-state index contributed by atoms with van der Waals surface area (Å²) >= 11 is 0. The summed E-state index contributed by atoms with van der Waals surface area (Å²) in [6, 6.07) is 1.12. The monoisotopic (exact) mass is 259 g/mol. The van der Waals surface area contributed by atoms with Gasteiger partial charge in [-0.3, -0.25) is 4.98 Å². The Labute approximate surface area is 104 Å². The first-order valence-corrected chi connectivity index (χ1v) is 5.97. The van der Waals surface area contributed by atoms with Gasteiger partial charge in [0.25, 0.3) is 0 Å². The highest BCUT2D eigenvalue weighted by Crippen LogP contribution is 2.43. The highest BCUT2D eigenvalue weighted by molar-refractivity contribution is 5.41. The minimum atomic E-state index is -4.39. The van der Waals surface area contributed by atoms with E-state index in [1.165, 1.54) is 6.92 Å². The summed E-state index contributed by atoms with van der Waals surface area (Å²) in [5.41, 5.74) is -1.17. The molecule has 18 heavy (non-hydrogen) atoms. The van der Waals surface area contributed by atoms with Gasteiger partial charge in [0.1, 0.15) is 5.60 Å². The first-order valence-electron chi connectivity index (χ1n) is 5.97. The molecule has 0 bridgehead atoms. The van der Waals surface area contributed by atoms with Crippen LogP contribution in [0.5, 0.6) is 0 Å². The van der Waals surface area contributed by atoms with Gasteiger partial charge in [-0.1, -0.05) is 13.8 Å². The fourth-order valence-corrected chi connectivity index (χ4v) is 2.33. The second kappa shape index (κ2) is 3.95. The molecule has 1 heterocycles. The van der Waals surface area contributed by atoms with Crippen molar-refractivity contribution in [1.82, 2.24) is 4.98 Å². The zero-order valence-electron chi connectivity index (χ0n) is 10.6. The van der Waals surface area contributed by atoms with Crippen molar-refractivity contribution < 1.29 is 18.3 Å². The average molecular weight is 259 g/mol. The largest absolute Gasteiger partial charge is 0.416 e. The number of aromatic nitrogens is 1. The molecule has 1 atom stereocenters. The molecule has 1 N–H and O–H groups in total. The normalized spacial score (nSPS) is 23.6. The molecule has 0 aliphatic heterocycles. The summed E-state index contributed by atoms with van der Waals surface area (Å²) in [5, 5.41) is 10.1. The number of aliphatic hydroxyl groups is 1. The number of nitrogens with zero attached hydrogens (tertiary/aromatic N) is 1.